The number of benzene rings is 3. The number of nitrogens with zero attached hydrogens (tertiary/aromatic N) is 1. The Morgan fingerprint density at radius 3 is 2.45 bits per heavy atom. The standard InChI is InChI=1S/C24H19ClN4O2/c1-14-6-7-16(12-20(14)22-18-5-3-2-4-15(18)10-11-27-22)28-23(30)19-9-8-17(13-21(19)25)29-24(26)31/h2-13H,1H3,(H,28,30)(H3,26,29,31). The maximum Gasteiger partial charge on any atom is 0.316 e. The molecule has 0 aliphatic carbocycles. The third-order valence-electron chi connectivity index (χ3n) is 4.91. The van der Waals surface area contributed by atoms with Crippen LogP contribution in [0.4, 0.5) is 16.2 Å². The maximum atomic E-state index is 12.8. The fourth-order valence-electron chi connectivity index (χ4n) is 3.41. The Morgan fingerprint density at radius 2 is 1.68 bits per heavy atom. The van der Waals surface area contributed by atoms with Gasteiger partial charge in [-0.25, -0.2) is 4.79 Å². The van der Waals surface area contributed by atoms with Gasteiger partial charge in [-0.05, 0) is 54.3 Å². The van der Waals surface area contributed by atoms with Crippen molar-refractivity contribution in [2.24, 2.45) is 5.73 Å². The van der Waals surface area contributed by atoms with E-state index in [-0.39, 0.29) is 16.5 Å². The molecule has 154 valence electrons. The van der Waals surface area contributed by atoms with Crippen molar-refractivity contribution in [3.8, 4) is 11.3 Å². The number of carbonyl (C=O) groups is 2. The number of aryl methyl sites for hydroxylation is 1. The molecule has 0 aliphatic heterocycles. The summed E-state index contributed by atoms with van der Waals surface area (Å²) in [7, 11) is 0. The van der Waals surface area contributed by atoms with Gasteiger partial charge in [-0.2, -0.15) is 0 Å². The van der Waals surface area contributed by atoms with Crippen molar-refractivity contribution < 1.29 is 9.59 Å². The number of pyridine rings is 1. The van der Waals surface area contributed by atoms with Gasteiger partial charge >= 0.3 is 6.03 Å². The molecule has 1 heterocycles. The first-order valence-electron chi connectivity index (χ1n) is 9.54. The number of primary amides is 1. The number of carbonyl (C=O) groups excluding carboxylic acids is 2. The van der Waals surface area contributed by atoms with Crippen LogP contribution in [-0.2, 0) is 0 Å². The molecule has 0 saturated carbocycles. The van der Waals surface area contributed by atoms with Crippen molar-refractivity contribution in [2.45, 2.75) is 6.92 Å². The molecule has 0 saturated heterocycles. The molecule has 0 atom stereocenters. The zero-order valence-corrected chi connectivity index (χ0v) is 17.4. The zero-order chi connectivity index (χ0) is 22.0. The molecule has 3 aromatic carbocycles. The lowest BCUT2D eigenvalue weighted by Gasteiger charge is -2.13. The number of urea groups is 1. The number of aromatic nitrogens is 1. The molecular formula is C24H19ClN4O2. The number of anilines is 2. The molecule has 0 fully saturated rings. The van der Waals surface area contributed by atoms with E-state index in [9.17, 15) is 9.59 Å². The van der Waals surface area contributed by atoms with Gasteiger partial charge in [0, 0.05) is 28.5 Å². The van der Waals surface area contributed by atoms with E-state index in [1.165, 1.54) is 12.1 Å². The largest absolute Gasteiger partial charge is 0.351 e. The first kappa shape index (κ1) is 20.4. The molecule has 7 heteroatoms. The quantitative estimate of drug-likeness (QED) is 0.392. The summed E-state index contributed by atoms with van der Waals surface area (Å²) in [6, 6.07) is 19.5. The second kappa shape index (κ2) is 8.45. The van der Waals surface area contributed by atoms with Crippen molar-refractivity contribution in [3.05, 3.63) is 89.1 Å². The van der Waals surface area contributed by atoms with Crippen LogP contribution >= 0.6 is 11.6 Å². The summed E-state index contributed by atoms with van der Waals surface area (Å²) < 4.78 is 0. The molecule has 0 unspecified atom stereocenters. The molecule has 4 rings (SSSR count). The van der Waals surface area contributed by atoms with Crippen molar-refractivity contribution in [1.82, 2.24) is 4.98 Å². The van der Waals surface area contributed by atoms with E-state index in [0.29, 0.717) is 11.4 Å². The molecule has 0 radical (unpaired) electrons. The van der Waals surface area contributed by atoms with Gasteiger partial charge in [0.2, 0.25) is 0 Å². The van der Waals surface area contributed by atoms with Gasteiger partial charge in [0.25, 0.3) is 5.91 Å². The van der Waals surface area contributed by atoms with E-state index in [4.69, 9.17) is 17.3 Å². The average molecular weight is 431 g/mol. The molecule has 6 nitrogen and oxygen atoms in total. The van der Waals surface area contributed by atoms with Crippen molar-refractivity contribution in [1.29, 1.82) is 0 Å². The Hall–Kier alpha value is -3.90. The first-order valence-corrected chi connectivity index (χ1v) is 9.92. The van der Waals surface area contributed by atoms with E-state index >= 15 is 0 Å². The number of amides is 3. The fourth-order valence-corrected chi connectivity index (χ4v) is 3.67. The SMILES string of the molecule is Cc1ccc(NC(=O)c2ccc(NC(N)=O)cc2Cl)cc1-c1nccc2ccccc12. The normalized spacial score (nSPS) is 10.6. The van der Waals surface area contributed by atoms with E-state index in [0.717, 1.165) is 27.6 Å². The maximum absolute atomic E-state index is 12.8. The smallest absolute Gasteiger partial charge is 0.316 e. The van der Waals surface area contributed by atoms with Crippen LogP contribution in [-0.4, -0.2) is 16.9 Å². The van der Waals surface area contributed by atoms with Crippen LogP contribution in [0.25, 0.3) is 22.0 Å². The highest BCUT2D eigenvalue weighted by atomic mass is 35.5. The number of rotatable bonds is 4. The summed E-state index contributed by atoms with van der Waals surface area (Å²) in [4.78, 5) is 28.4. The number of nitrogens with one attached hydrogen (secondary N) is 2. The second-order valence-corrected chi connectivity index (χ2v) is 7.46. The molecular weight excluding hydrogens is 412 g/mol. The van der Waals surface area contributed by atoms with Gasteiger partial charge in [-0.3, -0.25) is 9.78 Å². The predicted molar refractivity (Wildman–Crippen MR) is 125 cm³/mol. The summed E-state index contributed by atoms with van der Waals surface area (Å²) in [5.41, 5.74) is 9.25. The molecule has 0 spiro atoms. The lowest BCUT2D eigenvalue weighted by molar-refractivity contribution is 0.102. The summed E-state index contributed by atoms with van der Waals surface area (Å²) in [6.07, 6.45) is 1.78. The summed E-state index contributed by atoms with van der Waals surface area (Å²) in [5.74, 6) is -0.365. The molecule has 0 aliphatic rings. The van der Waals surface area contributed by atoms with Gasteiger partial charge < -0.3 is 16.4 Å². The van der Waals surface area contributed by atoms with Crippen molar-refractivity contribution in [3.63, 3.8) is 0 Å². The van der Waals surface area contributed by atoms with Crippen LogP contribution < -0.4 is 16.4 Å². The highest BCUT2D eigenvalue weighted by Crippen LogP contribution is 2.31. The molecule has 1 aromatic heterocycles. The Kier molecular flexibility index (Phi) is 5.56. The minimum atomic E-state index is -0.706. The lowest BCUT2D eigenvalue weighted by atomic mass is 9.99. The van der Waals surface area contributed by atoms with Gasteiger partial charge in [-0.15, -0.1) is 0 Å². The van der Waals surface area contributed by atoms with E-state index in [2.05, 4.69) is 15.6 Å². The summed E-state index contributed by atoms with van der Waals surface area (Å²) >= 11 is 6.23. The van der Waals surface area contributed by atoms with Crippen molar-refractivity contribution in [2.75, 3.05) is 10.6 Å². The van der Waals surface area contributed by atoms with E-state index < -0.39 is 6.03 Å². The van der Waals surface area contributed by atoms with Gasteiger partial charge in [0.05, 0.1) is 16.3 Å². The highest BCUT2D eigenvalue weighted by Gasteiger charge is 2.14. The second-order valence-electron chi connectivity index (χ2n) is 7.05. The molecule has 0 bridgehead atoms. The Balaban J connectivity index is 1.65. The van der Waals surface area contributed by atoms with Crippen LogP contribution in [0, 0.1) is 6.92 Å². The minimum Gasteiger partial charge on any atom is -0.351 e. The van der Waals surface area contributed by atoms with Gasteiger partial charge in [0.15, 0.2) is 0 Å². The first-order chi connectivity index (χ1) is 14.9. The highest BCUT2D eigenvalue weighted by molar-refractivity contribution is 6.34. The zero-order valence-electron chi connectivity index (χ0n) is 16.6. The topological polar surface area (TPSA) is 97.1 Å². The van der Waals surface area contributed by atoms with Crippen LogP contribution in [0.3, 0.4) is 0 Å². The lowest BCUT2D eigenvalue weighted by Crippen LogP contribution is -2.19. The fraction of sp³-hybridized carbons (Fsp3) is 0.0417. The molecule has 4 aromatic rings. The Labute approximate surface area is 184 Å². The minimum absolute atomic E-state index is 0.201. The van der Waals surface area contributed by atoms with E-state index in [1.807, 2.05) is 55.5 Å². The van der Waals surface area contributed by atoms with E-state index in [1.54, 1.807) is 12.3 Å². The predicted octanol–water partition coefficient (Wildman–Crippen LogP) is 5.61. The number of nitrogens with two attached hydrogens (primary N) is 1. The summed E-state index contributed by atoms with van der Waals surface area (Å²) in [5, 5.41) is 7.64. The number of fused-ring (bicyclic) bond motifs is 1. The monoisotopic (exact) mass is 430 g/mol. The Morgan fingerprint density at radius 1 is 0.935 bits per heavy atom. The molecule has 31 heavy (non-hydrogen) atoms. The van der Waals surface area contributed by atoms with Crippen molar-refractivity contribution >= 4 is 45.7 Å². The molecule has 4 N–H and O–H groups in total. The third kappa shape index (κ3) is 4.34. The van der Waals surface area contributed by atoms with Gasteiger partial charge in [0.1, 0.15) is 0 Å². The number of halogens is 1. The molecule has 3 amide bonds. The third-order valence-corrected chi connectivity index (χ3v) is 5.22. The summed E-state index contributed by atoms with van der Waals surface area (Å²) in [6.45, 7) is 2.01. The average Bonchev–Trinajstić information content (AvgIpc) is 2.74. The van der Waals surface area contributed by atoms with Gasteiger partial charge in [-0.1, -0.05) is 41.9 Å². The van der Waals surface area contributed by atoms with Crippen LogP contribution in [0.1, 0.15) is 15.9 Å². The number of hydrogen-bond acceptors (Lipinski definition) is 3. The van der Waals surface area contributed by atoms with Crippen LogP contribution in [0.15, 0.2) is 72.9 Å². The number of hydrogen-bond donors (Lipinski definition) is 3. The van der Waals surface area contributed by atoms with Crippen LogP contribution in [0.2, 0.25) is 5.02 Å². The van der Waals surface area contributed by atoms with Crippen LogP contribution in [0.5, 0.6) is 0 Å². The Bertz CT molecular complexity index is 1310.